The number of nitrogens with zero attached hydrogens (tertiary/aromatic N) is 2. The van der Waals surface area contributed by atoms with Crippen LogP contribution in [0.5, 0.6) is 0 Å². The van der Waals surface area contributed by atoms with Crippen LogP contribution in [0.2, 0.25) is 0 Å². The molecule has 2 N–H and O–H groups in total. The number of sulfonamides is 1. The first-order valence-corrected chi connectivity index (χ1v) is 7.80. The van der Waals surface area contributed by atoms with Gasteiger partial charge in [0.2, 0.25) is 10.0 Å². The van der Waals surface area contributed by atoms with Crippen molar-refractivity contribution in [2.24, 2.45) is 12.8 Å². The molecule has 7 heteroatoms. The highest BCUT2D eigenvalue weighted by atomic mass is 32.2. The van der Waals surface area contributed by atoms with Gasteiger partial charge in [-0.15, -0.1) is 0 Å². The van der Waals surface area contributed by atoms with Crippen molar-refractivity contribution in [3.05, 3.63) is 18.0 Å². The molecule has 19 heavy (non-hydrogen) atoms. The monoisotopic (exact) mass is 287 g/mol. The fraction of sp³-hybridized carbons (Fsp3) is 0.667. The predicted octanol–water partition coefficient (Wildman–Crippen LogP) is 0.283. The Balaban J connectivity index is 2.27. The molecule has 2 rings (SSSR count). The Hall–Kier alpha value is -0.890. The minimum absolute atomic E-state index is 0.127. The van der Waals surface area contributed by atoms with E-state index in [2.05, 4.69) is 0 Å². The Labute approximate surface area is 114 Å². The van der Waals surface area contributed by atoms with Crippen LogP contribution in [-0.4, -0.2) is 43.6 Å². The zero-order chi connectivity index (χ0) is 14.0. The van der Waals surface area contributed by atoms with Crippen LogP contribution < -0.4 is 5.73 Å². The predicted molar refractivity (Wildman–Crippen MR) is 72.1 cm³/mol. The number of nitrogens with two attached hydrogens (primary N) is 1. The van der Waals surface area contributed by atoms with Gasteiger partial charge in [0.15, 0.2) is 0 Å². The minimum atomic E-state index is -3.44. The lowest BCUT2D eigenvalue weighted by Crippen LogP contribution is -2.35. The molecule has 1 heterocycles. The molecular weight excluding hydrogens is 266 g/mol. The molecule has 108 valence electrons. The fourth-order valence-corrected chi connectivity index (χ4v) is 3.86. The summed E-state index contributed by atoms with van der Waals surface area (Å²) in [7, 11) is -0.0653. The first-order valence-electron chi connectivity index (χ1n) is 6.36. The topological polar surface area (TPSA) is 77.6 Å². The second-order valence-electron chi connectivity index (χ2n) is 4.82. The lowest BCUT2D eigenvalue weighted by atomic mass is 10.4. The van der Waals surface area contributed by atoms with Crippen LogP contribution in [0.1, 0.15) is 18.5 Å². The number of aromatic nitrogens is 1. The molecule has 1 saturated carbocycles. The number of hydrogen-bond donors (Lipinski definition) is 1. The van der Waals surface area contributed by atoms with E-state index < -0.39 is 10.0 Å². The van der Waals surface area contributed by atoms with Gasteiger partial charge in [-0.3, -0.25) is 0 Å². The van der Waals surface area contributed by atoms with Crippen LogP contribution in [0.25, 0.3) is 0 Å². The Morgan fingerprint density at radius 2 is 2.21 bits per heavy atom. The molecule has 0 bridgehead atoms. The fourth-order valence-electron chi connectivity index (χ4n) is 2.10. The van der Waals surface area contributed by atoms with E-state index in [0.717, 1.165) is 18.5 Å². The lowest BCUT2D eigenvalue weighted by molar-refractivity contribution is 0.177. The normalized spacial score (nSPS) is 16.2. The molecule has 0 amide bonds. The number of hydrogen-bond acceptors (Lipinski definition) is 4. The van der Waals surface area contributed by atoms with Crippen LogP contribution in [0, 0.1) is 0 Å². The second-order valence-corrected chi connectivity index (χ2v) is 6.71. The number of methoxy groups -OCH3 is 1. The van der Waals surface area contributed by atoms with Crippen LogP contribution in [0.3, 0.4) is 0 Å². The third kappa shape index (κ3) is 3.00. The highest BCUT2D eigenvalue weighted by molar-refractivity contribution is 7.89. The molecule has 0 unspecified atom stereocenters. The highest BCUT2D eigenvalue weighted by Gasteiger charge is 2.38. The van der Waals surface area contributed by atoms with Crippen molar-refractivity contribution in [2.75, 3.05) is 20.3 Å². The van der Waals surface area contributed by atoms with E-state index in [1.807, 2.05) is 0 Å². The molecule has 1 aromatic rings. The van der Waals surface area contributed by atoms with Gasteiger partial charge in [-0.25, -0.2) is 8.42 Å². The molecular formula is C12H21N3O3S. The zero-order valence-corrected chi connectivity index (χ0v) is 12.2. The lowest BCUT2D eigenvalue weighted by Gasteiger charge is -2.20. The van der Waals surface area contributed by atoms with E-state index in [1.54, 1.807) is 35.3 Å². The molecule has 1 fully saturated rings. The standard InChI is InChI=1S/C12H21N3O3S/c1-14-9-12(7-11(14)8-13)19(16,17)15(5-6-18-2)10-3-4-10/h7,9-10H,3-6,8,13H2,1-2H3. The second kappa shape index (κ2) is 5.62. The van der Waals surface area contributed by atoms with Crippen molar-refractivity contribution < 1.29 is 13.2 Å². The van der Waals surface area contributed by atoms with Crippen molar-refractivity contribution in [3.8, 4) is 0 Å². The largest absolute Gasteiger partial charge is 0.383 e. The third-order valence-electron chi connectivity index (χ3n) is 3.37. The van der Waals surface area contributed by atoms with E-state index in [-0.39, 0.29) is 6.04 Å². The van der Waals surface area contributed by atoms with Crippen LogP contribution in [0.15, 0.2) is 17.2 Å². The molecule has 1 aromatic heterocycles. The average molecular weight is 287 g/mol. The van der Waals surface area contributed by atoms with Crippen molar-refractivity contribution in [1.82, 2.24) is 8.87 Å². The Bertz CT molecular complexity index is 534. The summed E-state index contributed by atoms with van der Waals surface area (Å²) in [5.41, 5.74) is 6.39. The molecule has 1 aliphatic carbocycles. The van der Waals surface area contributed by atoms with Gasteiger partial charge in [0, 0.05) is 45.2 Å². The SMILES string of the molecule is COCCN(C1CC1)S(=O)(=O)c1cc(CN)n(C)c1. The molecule has 1 aliphatic rings. The summed E-state index contributed by atoms with van der Waals surface area (Å²) in [5, 5.41) is 0. The van der Waals surface area contributed by atoms with Crippen LogP contribution in [-0.2, 0) is 28.4 Å². The van der Waals surface area contributed by atoms with Gasteiger partial charge in [0.25, 0.3) is 0 Å². The Morgan fingerprint density at radius 3 is 2.68 bits per heavy atom. The van der Waals surface area contributed by atoms with Crippen LogP contribution in [0.4, 0.5) is 0 Å². The Morgan fingerprint density at radius 1 is 1.53 bits per heavy atom. The quantitative estimate of drug-likeness (QED) is 0.781. The van der Waals surface area contributed by atoms with Gasteiger partial charge in [-0.2, -0.15) is 4.31 Å². The summed E-state index contributed by atoms with van der Waals surface area (Å²) in [5.74, 6) is 0. The third-order valence-corrected chi connectivity index (χ3v) is 5.29. The first-order chi connectivity index (χ1) is 9.00. The molecule has 0 saturated heterocycles. The average Bonchev–Trinajstić information content (AvgIpc) is 3.11. The maximum absolute atomic E-state index is 12.6. The van der Waals surface area contributed by atoms with E-state index in [1.165, 1.54) is 0 Å². The molecule has 0 aromatic carbocycles. The summed E-state index contributed by atoms with van der Waals surface area (Å²) >= 11 is 0. The smallest absolute Gasteiger partial charge is 0.244 e. The van der Waals surface area contributed by atoms with Gasteiger partial charge in [-0.1, -0.05) is 0 Å². The maximum atomic E-state index is 12.6. The number of aryl methyl sites for hydroxylation is 1. The van der Waals surface area contributed by atoms with Crippen molar-refractivity contribution in [3.63, 3.8) is 0 Å². The van der Waals surface area contributed by atoms with Gasteiger partial charge in [-0.05, 0) is 18.9 Å². The van der Waals surface area contributed by atoms with Gasteiger partial charge in [0.1, 0.15) is 4.90 Å². The van der Waals surface area contributed by atoms with E-state index in [4.69, 9.17) is 10.5 Å². The van der Waals surface area contributed by atoms with Crippen molar-refractivity contribution in [1.29, 1.82) is 0 Å². The zero-order valence-electron chi connectivity index (χ0n) is 11.4. The van der Waals surface area contributed by atoms with Crippen molar-refractivity contribution >= 4 is 10.0 Å². The summed E-state index contributed by atoms with van der Waals surface area (Å²) in [4.78, 5) is 0.318. The number of rotatable bonds is 7. The molecule has 0 radical (unpaired) electrons. The Kier molecular flexibility index (Phi) is 4.29. The summed E-state index contributed by atoms with van der Waals surface area (Å²) in [6, 6.07) is 1.78. The molecule has 0 atom stereocenters. The molecule has 0 spiro atoms. The van der Waals surface area contributed by atoms with Crippen LogP contribution >= 0.6 is 0 Å². The molecule has 6 nitrogen and oxygen atoms in total. The summed E-state index contributed by atoms with van der Waals surface area (Å²) < 4.78 is 33.5. The molecule has 0 aliphatic heterocycles. The first kappa shape index (κ1) is 14.5. The minimum Gasteiger partial charge on any atom is -0.383 e. The van der Waals surface area contributed by atoms with Crippen molar-refractivity contribution in [2.45, 2.75) is 30.3 Å². The summed E-state index contributed by atoms with van der Waals surface area (Å²) in [6.45, 7) is 1.14. The van der Waals surface area contributed by atoms with E-state index in [9.17, 15) is 8.42 Å². The van der Waals surface area contributed by atoms with Gasteiger partial charge in [0.05, 0.1) is 6.61 Å². The van der Waals surface area contributed by atoms with Gasteiger partial charge < -0.3 is 15.0 Å². The summed E-state index contributed by atoms with van der Waals surface area (Å²) in [6.07, 6.45) is 3.48. The maximum Gasteiger partial charge on any atom is 0.244 e. The highest BCUT2D eigenvalue weighted by Crippen LogP contribution is 2.32. The van der Waals surface area contributed by atoms with Gasteiger partial charge >= 0.3 is 0 Å². The number of ether oxygens (including phenoxy) is 1. The van der Waals surface area contributed by atoms with E-state index >= 15 is 0 Å². The van der Waals surface area contributed by atoms with E-state index in [0.29, 0.717) is 24.6 Å².